The van der Waals surface area contributed by atoms with Crippen LogP contribution in [0.3, 0.4) is 0 Å². The summed E-state index contributed by atoms with van der Waals surface area (Å²) in [5, 5.41) is 3.19. The van der Waals surface area contributed by atoms with Crippen molar-refractivity contribution < 1.29 is 0 Å². The first-order valence-electron chi connectivity index (χ1n) is 3.40. The zero-order chi connectivity index (χ0) is 7.44. The molecule has 1 atom stereocenters. The van der Waals surface area contributed by atoms with Crippen LogP contribution in [0.15, 0.2) is 11.1 Å². The van der Waals surface area contributed by atoms with Crippen LogP contribution in [0, 0.1) is 0 Å². The molecular formula is C8H17N. The van der Waals surface area contributed by atoms with Gasteiger partial charge in [-0.05, 0) is 34.7 Å². The van der Waals surface area contributed by atoms with Crippen LogP contribution in [0.4, 0.5) is 0 Å². The number of nitrogens with one attached hydrogen (secondary N) is 1. The van der Waals surface area contributed by atoms with Gasteiger partial charge >= 0.3 is 0 Å². The Morgan fingerprint density at radius 2 is 1.67 bits per heavy atom. The van der Waals surface area contributed by atoms with Crippen molar-refractivity contribution in [3.63, 3.8) is 0 Å². The second-order valence-electron chi connectivity index (χ2n) is 2.69. The van der Waals surface area contributed by atoms with E-state index in [1.165, 1.54) is 11.1 Å². The summed E-state index contributed by atoms with van der Waals surface area (Å²) in [5.41, 5.74) is 2.86. The van der Waals surface area contributed by atoms with Gasteiger partial charge in [-0.1, -0.05) is 11.1 Å². The number of hydrogen-bond donors (Lipinski definition) is 1. The maximum Gasteiger partial charge on any atom is 0.0247 e. The van der Waals surface area contributed by atoms with E-state index in [1.54, 1.807) is 0 Å². The van der Waals surface area contributed by atoms with Crippen LogP contribution in [0.25, 0.3) is 0 Å². The Hall–Kier alpha value is -0.300. The molecule has 0 aromatic rings. The monoisotopic (exact) mass is 127 g/mol. The minimum absolute atomic E-state index is 0.523. The SMILES string of the molecule is CNC(C)C(C)=C(C)C. The molecule has 0 amide bonds. The molecule has 0 aromatic carbocycles. The van der Waals surface area contributed by atoms with Crippen molar-refractivity contribution in [2.75, 3.05) is 7.05 Å². The lowest BCUT2D eigenvalue weighted by molar-refractivity contribution is 0.685. The normalized spacial score (nSPS) is 13.0. The third-order valence-electron chi connectivity index (χ3n) is 1.87. The van der Waals surface area contributed by atoms with Crippen molar-refractivity contribution in [3.05, 3.63) is 11.1 Å². The first kappa shape index (κ1) is 8.70. The molecule has 0 saturated carbocycles. The number of rotatable bonds is 2. The fourth-order valence-corrected chi connectivity index (χ4v) is 0.650. The standard InChI is InChI=1S/C8H17N/c1-6(2)7(3)8(4)9-5/h8-9H,1-5H3. The summed E-state index contributed by atoms with van der Waals surface area (Å²) in [6.07, 6.45) is 0. The van der Waals surface area contributed by atoms with E-state index in [2.05, 4.69) is 33.0 Å². The van der Waals surface area contributed by atoms with Crippen molar-refractivity contribution in [1.29, 1.82) is 0 Å². The van der Waals surface area contributed by atoms with Gasteiger partial charge in [0.2, 0.25) is 0 Å². The van der Waals surface area contributed by atoms with Gasteiger partial charge in [0.15, 0.2) is 0 Å². The van der Waals surface area contributed by atoms with Crippen molar-refractivity contribution in [2.45, 2.75) is 33.7 Å². The van der Waals surface area contributed by atoms with Crippen molar-refractivity contribution in [1.82, 2.24) is 5.32 Å². The molecule has 0 aromatic heterocycles. The third kappa shape index (κ3) is 2.66. The molecule has 1 heteroatoms. The molecule has 0 heterocycles. The Morgan fingerprint density at radius 3 is 1.78 bits per heavy atom. The quantitative estimate of drug-likeness (QED) is 0.559. The number of allylic oxidation sites excluding steroid dienone is 1. The average molecular weight is 127 g/mol. The molecule has 0 saturated heterocycles. The molecule has 0 aliphatic heterocycles. The van der Waals surface area contributed by atoms with E-state index in [4.69, 9.17) is 0 Å². The molecule has 0 aliphatic rings. The van der Waals surface area contributed by atoms with Gasteiger partial charge in [0.25, 0.3) is 0 Å². The van der Waals surface area contributed by atoms with E-state index < -0.39 is 0 Å². The molecule has 54 valence electrons. The Balaban J connectivity index is 4.02. The molecule has 0 rings (SSSR count). The lowest BCUT2D eigenvalue weighted by Crippen LogP contribution is -2.22. The highest BCUT2D eigenvalue weighted by Crippen LogP contribution is 2.05. The largest absolute Gasteiger partial charge is 0.314 e. The van der Waals surface area contributed by atoms with Gasteiger partial charge in [-0.15, -0.1) is 0 Å². The molecule has 0 fully saturated rings. The maximum atomic E-state index is 3.19. The van der Waals surface area contributed by atoms with E-state index in [0.29, 0.717) is 6.04 Å². The van der Waals surface area contributed by atoms with Gasteiger partial charge in [0, 0.05) is 6.04 Å². The smallest absolute Gasteiger partial charge is 0.0247 e. The van der Waals surface area contributed by atoms with Gasteiger partial charge in [-0.25, -0.2) is 0 Å². The van der Waals surface area contributed by atoms with Crippen molar-refractivity contribution in [2.24, 2.45) is 0 Å². The Kier molecular flexibility index (Phi) is 3.55. The second kappa shape index (κ2) is 3.67. The molecule has 9 heavy (non-hydrogen) atoms. The van der Waals surface area contributed by atoms with Gasteiger partial charge in [-0.3, -0.25) is 0 Å². The first-order valence-corrected chi connectivity index (χ1v) is 3.40. The van der Waals surface area contributed by atoms with Crippen LogP contribution in [0.1, 0.15) is 27.7 Å². The van der Waals surface area contributed by atoms with Gasteiger partial charge in [0.05, 0.1) is 0 Å². The molecule has 0 aliphatic carbocycles. The third-order valence-corrected chi connectivity index (χ3v) is 1.87. The van der Waals surface area contributed by atoms with E-state index in [9.17, 15) is 0 Å². The van der Waals surface area contributed by atoms with Gasteiger partial charge in [0.1, 0.15) is 0 Å². The molecular weight excluding hydrogens is 110 g/mol. The Labute approximate surface area is 58.2 Å². The molecule has 1 unspecified atom stereocenters. The zero-order valence-electron chi connectivity index (χ0n) is 7.08. The summed E-state index contributed by atoms with van der Waals surface area (Å²) >= 11 is 0. The van der Waals surface area contributed by atoms with Crippen LogP contribution >= 0.6 is 0 Å². The summed E-state index contributed by atoms with van der Waals surface area (Å²) in [6, 6.07) is 0.523. The maximum absolute atomic E-state index is 3.19. The molecule has 1 N–H and O–H groups in total. The predicted octanol–water partition coefficient (Wildman–Crippen LogP) is 1.95. The minimum atomic E-state index is 0.523. The fraction of sp³-hybridized carbons (Fsp3) is 0.750. The highest BCUT2D eigenvalue weighted by molar-refractivity contribution is 5.12. The lowest BCUT2D eigenvalue weighted by atomic mass is 10.1. The van der Waals surface area contributed by atoms with Crippen LogP contribution < -0.4 is 5.32 Å². The summed E-state index contributed by atoms with van der Waals surface area (Å²) < 4.78 is 0. The molecule has 0 bridgehead atoms. The highest BCUT2D eigenvalue weighted by atomic mass is 14.9. The summed E-state index contributed by atoms with van der Waals surface area (Å²) in [4.78, 5) is 0. The summed E-state index contributed by atoms with van der Waals surface area (Å²) in [6.45, 7) is 8.62. The first-order chi connectivity index (χ1) is 4.09. The zero-order valence-corrected chi connectivity index (χ0v) is 7.08. The molecule has 1 nitrogen and oxygen atoms in total. The predicted molar refractivity (Wildman–Crippen MR) is 42.6 cm³/mol. The van der Waals surface area contributed by atoms with E-state index >= 15 is 0 Å². The van der Waals surface area contributed by atoms with Crippen molar-refractivity contribution >= 4 is 0 Å². The van der Waals surface area contributed by atoms with E-state index in [1.807, 2.05) is 7.05 Å². The number of hydrogen-bond acceptors (Lipinski definition) is 1. The fourth-order valence-electron chi connectivity index (χ4n) is 0.650. The highest BCUT2D eigenvalue weighted by Gasteiger charge is 1.99. The minimum Gasteiger partial charge on any atom is -0.314 e. The van der Waals surface area contributed by atoms with Gasteiger partial charge < -0.3 is 5.32 Å². The molecule has 0 spiro atoms. The Bertz CT molecular complexity index is 110. The average Bonchev–Trinajstić information content (AvgIpc) is 1.84. The van der Waals surface area contributed by atoms with Crippen LogP contribution in [-0.2, 0) is 0 Å². The number of likely N-dealkylation sites (N-methyl/N-ethyl adjacent to an activating group) is 1. The summed E-state index contributed by atoms with van der Waals surface area (Å²) in [7, 11) is 1.98. The Morgan fingerprint density at radius 1 is 1.22 bits per heavy atom. The lowest BCUT2D eigenvalue weighted by Gasteiger charge is -2.11. The summed E-state index contributed by atoms with van der Waals surface area (Å²) in [5.74, 6) is 0. The van der Waals surface area contributed by atoms with Crippen LogP contribution in [0.2, 0.25) is 0 Å². The van der Waals surface area contributed by atoms with Gasteiger partial charge in [-0.2, -0.15) is 0 Å². The van der Waals surface area contributed by atoms with Crippen LogP contribution in [0.5, 0.6) is 0 Å². The van der Waals surface area contributed by atoms with Crippen molar-refractivity contribution in [3.8, 4) is 0 Å². The van der Waals surface area contributed by atoms with E-state index in [-0.39, 0.29) is 0 Å². The van der Waals surface area contributed by atoms with E-state index in [0.717, 1.165) is 0 Å². The van der Waals surface area contributed by atoms with Crippen LogP contribution in [-0.4, -0.2) is 13.1 Å². The molecule has 0 radical (unpaired) electrons. The second-order valence-corrected chi connectivity index (χ2v) is 2.69. The topological polar surface area (TPSA) is 12.0 Å².